The summed E-state index contributed by atoms with van der Waals surface area (Å²) >= 11 is 0. The van der Waals surface area contributed by atoms with Crippen LogP contribution < -0.4 is 0 Å². The Labute approximate surface area is 86.5 Å². The lowest BCUT2D eigenvalue weighted by atomic mass is 10.3. The van der Waals surface area contributed by atoms with Gasteiger partial charge < -0.3 is 9.47 Å². The van der Waals surface area contributed by atoms with Crippen LogP contribution in [0.15, 0.2) is 0 Å². The molecule has 0 saturated heterocycles. The maximum absolute atomic E-state index is 10.8. The number of carbonyl (C=O) groups is 4. The molecule has 0 aromatic carbocycles. The van der Waals surface area contributed by atoms with Crippen molar-refractivity contribution in [1.29, 1.82) is 0 Å². The molecule has 6 heteroatoms. The second-order valence-corrected chi connectivity index (χ2v) is 2.79. The lowest BCUT2D eigenvalue weighted by Crippen LogP contribution is -2.18. The molecule has 0 aliphatic heterocycles. The van der Waals surface area contributed by atoms with Gasteiger partial charge in [-0.25, -0.2) is 4.79 Å². The summed E-state index contributed by atoms with van der Waals surface area (Å²) in [7, 11) is 0. The predicted molar refractivity (Wildman–Crippen MR) is 47.9 cm³/mol. The maximum atomic E-state index is 10.8. The van der Waals surface area contributed by atoms with Crippen molar-refractivity contribution in [2.24, 2.45) is 0 Å². The quantitative estimate of drug-likeness (QED) is 0.261. The molecular weight excluding hydrogens is 204 g/mol. The van der Waals surface area contributed by atoms with Crippen LogP contribution in [0.4, 0.5) is 0 Å². The van der Waals surface area contributed by atoms with Gasteiger partial charge in [-0.1, -0.05) is 0 Å². The monoisotopic (exact) mass is 216 g/mol. The first kappa shape index (κ1) is 13.3. The molecule has 0 aromatic heterocycles. The summed E-state index contributed by atoms with van der Waals surface area (Å²) in [4.78, 5) is 42.2. The van der Waals surface area contributed by atoms with E-state index in [0.717, 1.165) is 6.92 Å². The van der Waals surface area contributed by atoms with Crippen LogP contribution in [0.2, 0.25) is 0 Å². The summed E-state index contributed by atoms with van der Waals surface area (Å²) in [5.74, 6) is -2.68. The number of rotatable bonds is 6. The summed E-state index contributed by atoms with van der Waals surface area (Å²) in [6, 6.07) is 0. The normalized spacial score (nSPS) is 9.20. The molecule has 0 amide bonds. The van der Waals surface area contributed by atoms with Crippen molar-refractivity contribution >= 4 is 23.5 Å². The van der Waals surface area contributed by atoms with Gasteiger partial charge in [-0.3, -0.25) is 14.4 Å². The highest BCUT2D eigenvalue weighted by Crippen LogP contribution is 1.89. The van der Waals surface area contributed by atoms with Gasteiger partial charge >= 0.3 is 11.9 Å². The fraction of sp³-hybridized carbons (Fsp3) is 0.556. The maximum Gasteiger partial charge on any atom is 0.374 e. The molecule has 0 heterocycles. The Morgan fingerprint density at radius 2 is 1.47 bits per heavy atom. The van der Waals surface area contributed by atoms with Gasteiger partial charge in [-0.05, 0) is 6.92 Å². The van der Waals surface area contributed by atoms with E-state index < -0.39 is 17.7 Å². The van der Waals surface area contributed by atoms with Gasteiger partial charge in [0.1, 0.15) is 25.4 Å². The zero-order valence-corrected chi connectivity index (χ0v) is 8.57. The molecule has 0 bridgehead atoms. The number of Topliss-reactive ketones (excluding diaryl/α,β-unsaturated/α-hetero) is 2. The summed E-state index contributed by atoms with van der Waals surface area (Å²) < 4.78 is 8.94. The zero-order chi connectivity index (χ0) is 11.8. The molecule has 6 nitrogen and oxygen atoms in total. The number of ketones is 2. The van der Waals surface area contributed by atoms with Crippen LogP contribution in [0, 0.1) is 0 Å². The minimum Gasteiger partial charge on any atom is -0.462 e. The second kappa shape index (κ2) is 6.69. The number of hydrogen-bond donors (Lipinski definition) is 0. The molecule has 0 aliphatic carbocycles. The lowest BCUT2D eigenvalue weighted by molar-refractivity contribution is -0.157. The van der Waals surface area contributed by atoms with E-state index in [1.807, 2.05) is 0 Å². The first-order valence-electron chi connectivity index (χ1n) is 4.26. The van der Waals surface area contributed by atoms with Gasteiger partial charge in [0.05, 0.1) is 0 Å². The van der Waals surface area contributed by atoms with E-state index in [9.17, 15) is 19.2 Å². The molecule has 0 unspecified atom stereocenters. The SMILES string of the molecule is CC(=O)CC(=O)OCCOC(=O)C(C)=O. The summed E-state index contributed by atoms with van der Waals surface area (Å²) in [5, 5.41) is 0. The number of esters is 2. The summed E-state index contributed by atoms with van der Waals surface area (Å²) in [5.41, 5.74) is 0. The number of carbonyl (C=O) groups excluding carboxylic acids is 4. The van der Waals surface area contributed by atoms with Crippen LogP contribution in [0.5, 0.6) is 0 Å². The fourth-order valence-corrected chi connectivity index (χ4v) is 0.646. The topological polar surface area (TPSA) is 86.7 Å². The molecule has 0 N–H and O–H groups in total. The van der Waals surface area contributed by atoms with Crippen LogP contribution in [0.25, 0.3) is 0 Å². The van der Waals surface area contributed by atoms with Crippen molar-refractivity contribution < 1.29 is 28.7 Å². The lowest BCUT2D eigenvalue weighted by Gasteiger charge is -2.03. The van der Waals surface area contributed by atoms with Crippen LogP contribution in [0.1, 0.15) is 20.3 Å². The average molecular weight is 216 g/mol. The van der Waals surface area contributed by atoms with E-state index >= 15 is 0 Å². The molecule has 0 aromatic rings. The van der Waals surface area contributed by atoms with E-state index in [2.05, 4.69) is 9.47 Å². The van der Waals surface area contributed by atoms with Gasteiger partial charge in [0.2, 0.25) is 5.78 Å². The van der Waals surface area contributed by atoms with Crippen LogP contribution >= 0.6 is 0 Å². The third-order valence-electron chi connectivity index (χ3n) is 1.26. The fourth-order valence-electron chi connectivity index (χ4n) is 0.646. The van der Waals surface area contributed by atoms with Crippen LogP contribution in [0.3, 0.4) is 0 Å². The largest absolute Gasteiger partial charge is 0.462 e. The molecule has 0 spiro atoms. The van der Waals surface area contributed by atoms with Gasteiger partial charge in [0.25, 0.3) is 0 Å². The average Bonchev–Trinajstić information content (AvgIpc) is 2.10. The second-order valence-electron chi connectivity index (χ2n) is 2.79. The molecule has 0 fully saturated rings. The Balaban J connectivity index is 3.55. The molecule has 84 valence electrons. The molecule has 0 saturated carbocycles. The van der Waals surface area contributed by atoms with E-state index in [1.54, 1.807) is 0 Å². The van der Waals surface area contributed by atoms with Crippen molar-refractivity contribution in [2.75, 3.05) is 13.2 Å². The molecule has 0 rings (SSSR count). The highest BCUT2D eigenvalue weighted by Gasteiger charge is 2.09. The van der Waals surface area contributed by atoms with Crippen molar-refractivity contribution in [1.82, 2.24) is 0 Å². The highest BCUT2D eigenvalue weighted by atomic mass is 16.6. The Morgan fingerprint density at radius 3 is 1.93 bits per heavy atom. The smallest absolute Gasteiger partial charge is 0.374 e. The summed E-state index contributed by atoms with van der Waals surface area (Å²) in [6.07, 6.45) is -0.305. The van der Waals surface area contributed by atoms with E-state index in [4.69, 9.17) is 0 Å². The minimum atomic E-state index is -0.974. The molecule has 0 aliphatic rings. The first-order chi connectivity index (χ1) is 6.93. The third-order valence-corrected chi connectivity index (χ3v) is 1.26. The van der Waals surface area contributed by atoms with Crippen molar-refractivity contribution in [3.05, 3.63) is 0 Å². The standard InChI is InChI=1S/C9H12O6/c1-6(10)5-8(12)14-3-4-15-9(13)7(2)11/h3-5H2,1-2H3. The minimum absolute atomic E-state index is 0.162. The predicted octanol–water partition coefficient (Wildman–Crippen LogP) is -0.359. The zero-order valence-electron chi connectivity index (χ0n) is 8.57. The molecular formula is C9H12O6. The number of hydrogen-bond acceptors (Lipinski definition) is 6. The van der Waals surface area contributed by atoms with Gasteiger partial charge in [-0.2, -0.15) is 0 Å². The Bertz CT molecular complexity index is 280. The van der Waals surface area contributed by atoms with Gasteiger partial charge in [0.15, 0.2) is 0 Å². The molecule has 0 radical (unpaired) electrons. The summed E-state index contributed by atoms with van der Waals surface area (Å²) in [6.45, 7) is 1.98. The molecule has 15 heavy (non-hydrogen) atoms. The highest BCUT2D eigenvalue weighted by molar-refractivity contribution is 6.32. The van der Waals surface area contributed by atoms with Gasteiger partial charge in [0, 0.05) is 6.92 Å². The first-order valence-corrected chi connectivity index (χ1v) is 4.26. The van der Waals surface area contributed by atoms with Crippen LogP contribution in [-0.2, 0) is 28.7 Å². The Morgan fingerprint density at radius 1 is 0.933 bits per heavy atom. The van der Waals surface area contributed by atoms with Crippen molar-refractivity contribution in [2.45, 2.75) is 20.3 Å². The number of ether oxygens (including phenoxy) is 2. The van der Waals surface area contributed by atoms with Crippen LogP contribution in [-0.4, -0.2) is 36.7 Å². The Hall–Kier alpha value is -1.72. The van der Waals surface area contributed by atoms with E-state index in [1.165, 1.54) is 6.92 Å². The van der Waals surface area contributed by atoms with E-state index in [-0.39, 0.29) is 25.4 Å². The van der Waals surface area contributed by atoms with Crippen molar-refractivity contribution in [3.8, 4) is 0 Å². The molecule has 0 atom stereocenters. The third kappa shape index (κ3) is 7.36. The van der Waals surface area contributed by atoms with Gasteiger partial charge in [-0.15, -0.1) is 0 Å². The van der Waals surface area contributed by atoms with Crippen molar-refractivity contribution in [3.63, 3.8) is 0 Å². The van der Waals surface area contributed by atoms with E-state index in [0.29, 0.717) is 0 Å². The Kier molecular flexibility index (Phi) is 5.92.